The molecule has 15 heavy (non-hydrogen) atoms. The molecule has 0 atom stereocenters. The minimum atomic E-state index is 0.0871. The summed E-state index contributed by atoms with van der Waals surface area (Å²) in [6.07, 6.45) is 0. The standard InChI is InChI=1S/C12H8Cl2O/c13-10-4-1-8(2-5-10)9-3-6-11(14)12(15)7-9/h1-7,15H. The Bertz CT molecular complexity index is 477. The molecule has 2 rings (SSSR count). The minimum absolute atomic E-state index is 0.0871. The van der Waals surface area contributed by atoms with Gasteiger partial charge in [-0.1, -0.05) is 41.4 Å². The second-order valence-corrected chi connectivity index (χ2v) is 4.02. The first-order valence-corrected chi connectivity index (χ1v) is 5.17. The third-order valence-electron chi connectivity index (χ3n) is 2.12. The highest BCUT2D eigenvalue weighted by atomic mass is 35.5. The van der Waals surface area contributed by atoms with Crippen LogP contribution in [0.3, 0.4) is 0 Å². The zero-order chi connectivity index (χ0) is 10.8. The van der Waals surface area contributed by atoms with E-state index in [1.807, 2.05) is 30.3 Å². The van der Waals surface area contributed by atoms with Crippen LogP contribution in [0.2, 0.25) is 10.0 Å². The number of aromatic hydroxyl groups is 1. The van der Waals surface area contributed by atoms with Gasteiger partial charge in [0.15, 0.2) is 0 Å². The quantitative estimate of drug-likeness (QED) is 0.783. The third kappa shape index (κ3) is 2.25. The number of benzene rings is 2. The topological polar surface area (TPSA) is 20.2 Å². The van der Waals surface area contributed by atoms with E-state index in [9.17, 15) is 5.11 Å². The fourth-order valence-corrected chi connectivity index (χ4v) is 1.58. The molecule has 0 fully saturated rings. The normalized spacial score (nSPS) is 10.3. The first-order chi connectivity index (χ1) is 7.16. The highest BCUT2D eigenvalue weighted by Gasteiger charge is 2.02. The summed E-state index contributed by atoms with van der Waals surface area (Å²) in [7, 11) is 0. The number of phenolic OH excluding ortho intramolecular Hbond substituents is 1. The summed E-state index contributed by atoms with van der Waals surface area (Å²) in [5.74, 6) is 0.0871. The van der Waals surface area contributed by atoms with Crippen LogP contribution < -0.4 is 0 Å². The van der Waals surface area contributed by atoms with E-state index in [0.29, 0.717) is 10.0 Å². The maximum Gasteiger partial charge on any atom is 0.134 e. The van der Waals surface area contributed by atoms with Crippen molar-refractivity contribution in [3.63, 3.8) is 0 Å². The van der Waals surface area contributed by atoms with E-state index in [-0.39, 0.29) is 5.75 Å². The van der Waals surface area contributed by atoms with Crippen molar-refractivity contribution in [2.24, 2.45) is 0 Å². The first kappa shape index (κ1) is 10.3. The molecule has 1 N–H and O–H groups in total. The van der Waals surface area contributed by atoms with Gasteiger partial charge in [0.1, 0.15) is 5.75 Å². The summed E-state index contributed by atoms with van der Waals surface area (Å²) in [5, 5.41) is 10.5. The molecule has 1 nitrogen and oxygen atoms in total. The fraction of sp³-hybridized carbons (Fsp3) is 0. The largest absolute Gasteiger partial charge is 0.506 e. The lowest BCUT2D eigenvalue weighted by molar-refractivity contribution is 0.476. The summed E-state index contributed by atoms with van der Waals surface area (Å²) in [6.45, 7) is 0. The number of hydrogen-bond donors (Lipinski definition) is 1. The molecule has 76 valence electrons. The Morgan fingerprint density at radius 3 is 2.00 bits per heavy atom. The Morgan fingerprint density at radius 1 is 0.800 bits per heavy atom. The van der Waals surface area contributed by atoms with E-state index in [1.54, 1.807) is 12.1 Å². The van der Waals surface area contributed by atoms with Crippen molar-refractivity contribution < 1.29 is 5.11 Å². The van der Waals surface area contributed by atoms with Gasteiger partial charge in [0.25, 0.3) is 0 Å². The predicted octanol–water partition coefficient (Wildman–Crippen LogP) is 4.37. The summed E-state index contributed by atoms with van der Waals surface area (Å²) >= 11 is 11.5. The Hall–Kier alpha value is -1.18. The van der Waals surface area contributed by atoms with E-state index in [4.69, 9.17) is 23.2 Å². The molecule has 0 aliphatic heterocycles. The van der Waals surface area contributed by atoms with Crippen LogP contribution in [0.1, 0.15) is 0 Å². The average Bonchev–Trinajstić information content (AvgIpc) is 2.23. The highest BCUT2D eigenvalue weighted by Crippen LogP contribution is 2.29. The molecular weight excluding hydrogens is 231 g/mol. The Labute approximate surface area is 97.9 Å². The molecule has 0 aliphatic rings. The predicted molar refractivity (Wildman–Crippen MR) is 63.6 cm³/mol. The average molecular weight is 239 g/mol. The molecule has 3 heteroatoms. The number of phenols is 1. The number of hydrogen-bond acceptors (Lipinski definition) is 1. The molecule has 0 radical (unpaired) electrons. The summed E-state index contributed by atoms with van der Waals surface area (Å²) in [6, 6.07) is 12.6. The van der Waals surface area contributed by atoms with Crippen molar-refractivity contribution >= 4 is 23.2 Å². The highest BCUT2D eigenvalue weighted by molar-refractivity contribution is 6.32. The van der Waals surface area contributed by atoms with Gasteiger partial charge in [-0.05, 0) is 35.4 Å². The van der Waals surface area contributed by atoms with E-state index in [1.165, 1.54) is 0 Å². The van der Waals surface area contributed by atoms with Crippen LogP contribution in [0, 0.1) is 0 Å². The van der Waals surface area contributed by atoms with Crippen LogP contribution in [0.15, 0.2) is 42.5 Å². The van der Waals surface area contributed by atoms with Crippen molar-refractivity contribution in [1.82, 2.24) is 0 Å². The zero-order valence-electron chi connectivity index (χ0n) is 7.74. The Morgan fingerprint density at radius 2 is 1.40 bits per heavy atom. The lowest BCUT2D eigenvalue weighted by Crippen LogP contribution is -1.77. The summed E-state index contributed by atoms with van der Waals surface area (Å²) in [5.41, 5.74) is 1.90. The van der Waals surface area contributed by atoms with Gasteiger partial charge in [0.2, 0.25) is 0 Å². The van der Waals surface area contributed by atoms with Crippen molar-refractivity contribution in [3.05, 3.63) is 52.5 Å². The molecule has 2 aromatic rings. The van der Waals surface area contributed by atoms with E-state index in [2.05, 4.69) is 0 Å². The van der Waals surface area contributed by atoms with Crippen molar-refractivity contribution in [2.75, 3.05) is 0 Å². The number of halogens is 2. The SMILES string of the molecule is Oc1cc(-c2ccc(Cl)cc2)ccc1Cl. The van der Waals surface area contributed by atoms with Crippen LogP contribution in [0.4, 0.5) is 0 Å². The van der Waals surface area contributed by atoms with Crippen LogP contribution in [-0.2, 0) is 0 Å². The van der Waals surface area contributed by atoms with Gasteiger partial charge >= 0.3 is 0 Å². The van der Waals surface area contributed by atoms with Crippen LogP contribution in [0.25, 0.3) is 11.1 Å². The molecule has 0 aliphatic carbocycles. The zero-order valence-corrected chi connectivity index (χ0v) is 9.26. The second-order valence-electron chi connectivity index (χ2n) is 3.17. The van der Waals surface area contributed by atoms with Gasteiger partial charge in [-0.2, -0.15) is 0 Å². The molecule has 0 aromatic heterocycles. The van der Waals surface area contributed by atoms with Gasteiger partial charge in [-0.25, -0.2) is 0 Å². The molecule has 0 saturated heterocycles. The fourth-order valence-electron chi connectivity index (χ4n) is 1.33. The summed E-state index contributed by atoms with van der Waals surface area (Å²) < 4.78 is 0. The van der Waals surface area contributed by atoms with Crippen LogP contribution in [-0.4, -0.2) is 5.11 Å². The summed E-state index contributed by atoms with van der Waals surface area (Å²) in [4.78, 5) is 0. The Balaban J connectivity index is 2.45. The van der Waals surface area contributed by atoms with Crippen LogP contribution >= 0.6 is 23.2 Å². The van der Waals surface area contributed by atoms with Crippen molar-refractivity contribution in [1.29, 1.82) is 0 Å². The van der Waals surface area contributed by atoms with Crippen LogP contribution in [0.5, 0.6) is 5.75 Å². The second kappa shape index (κ2) is 4.13. The molecule has 0 heterocycles. The minimum Gasteiger partial charge on any atom is -0.506 e. The lowest BCUT2D eigenvalue weighted by atomic mass is 10.1. The van der Waals surface area contributed by atoms with E-state index >= 15 is 0 Å². The van der Waals surface area contributed by atoms with Crippen molar-refractivity contribution in [2.45, 2.75) is 0 Å². The van der Waals surface area contributed by atoms with E-state index < -0.39 is 0 Å². The smallest absolute Gasteiger partial charge is 0.134 e. The maximum absolute atomic E-state index is 9.46. The van der Waals surface area contributed by atoms with Gasteiger partial charge in [-0.3, -0.25) is 0 Å². The molecule has 0 bridgehead atoms. The molecular formula is C12H8Cl2O. The molecule has 0 unspecified atom stereocenters. The van der Waals surface area contributed by atoms with E-state index in [0.717, 1.165) is 11.1 Å². The first-order valence-electron chi connectivity index (χ1n) is 4.41. The van der Waals surface area contributed by atoms with Gasteiger partial charge in [-0.15, -0.1) is 0 Å². The van der Waals surface area contributed by atoms with Crippen molar-refractivity contribution in [3.8, 4) is 16.9 Å². The molecule has 0 saturated carbocycles. The number of rotatable bonds is 1. The van der Waals surface area contributed by atoms with Gasteiger partial charge in [0.05, 0.1) is 5.02 Å². The van der Waals surface area contributed by atoms with Gasteiger partial charge < -0.3 is 5.11 Å². The third-order valence-corrected chi connectivity index (χ3v) is 2.70. The monoisotopic (exact) mass is 238 g/mol. The van der Waals surface area contributed by atoms with Gasteiger partial charge in [0, 0.05) is 5.02 Å². The lowest BCUT2D eigenvalue weighted by Gasteiger charge is -2.03. The molecule has 0 spiro atoms. The molecule has 2 aromatic carbocycles. The maximum atomic E-state index is 9.46. The Kier molecular flexibility index (Phi) is 2.85. The molecule has 0 amide bonds.